The molecule has 3 rings (SSSR count). The van der Waals surface area contributed by atoms with Gasteiger partial charge in [0.25, 0.3) is 0 Å². The Morgan fingerprint density at radius 1 is 1.24 bits per heavy atom. The molecule has 0 atom stereocenters. The highest BCUT2D eigenvalue weighted by molar-refractivity contribution is 6.32. The standard InChI is InChI=1S/C16H15ClN2O2/c1-19-14-7-12(17)15(8-13(14)18-16(19)9-20)21-10-11-5-3-2-4-6-11/h2-8,20H,9-10H2,1H3. The van der Waals surface area contributed by atoms with Crippen LogP contribution in [0.4, 0.5) is 0 Å². The average molecular weight is 303 g/mol. The first-order valence-corrected chi connectivity index (χ1v) is 6.99. The van der Waals surface area contributed by atoms with Crippen molar-refractivity contribution in [3.05, 3.63) is 58.9 Å². The van der Waals surface area contributed by atoms with Crippen LogP contribution in [0.1, 0.15) is 11.4 Å². The topological polar surface area (TPSA) is 47.3 Å². The number of ether oxygens (including phenoxy) is 1. The van der Waals surface area contributed by atoms with Crippen molar-refractivity contribution in [2.75, 3.05) is 0 Å². The van der Waals surface area contributed by atoms with E-state index in [2.05, 4.69) is 4.98 Å². The zero-order valence-corrected chi connectivity index (χ0v) is 12.3. The van der Waals surface area contributed by atoms with E-state index in [0.29, 0.717) is 23.2 Å². The Morgan fingerprint density at radius 2 is 2.00 bits per heavy atom. The number of imidazole rings is 1. The summed E-state index contributed by atoms with van der Waals surface area (Å²) in [6.45, 7) is 0.342. The molecule has 0 aliphatic carbocycles. The van der Waals surface area contributed by atoms with Crippen molar-refractivity contribution in [3.8, 4) is 5.75 Å². The number of rotatable bonds is 4. The predicted octanol–water partition coefficient (Wildman–Crippen LogP) is 3.30. The fourth-order valence-corrected chi connectivity index (χ4v) is 2.44. The molecule has 21 heavy (non-hydrogen) atoms. The van der Waals surface area contributed by atoms with E-state index in [1.807, 2.05) is 48.0 Å². The molecule has 0 saturated heterocycles. The van der Waals surface area contributed by atoms with Crippen LogP contribution >= 0.6 is 11.6 Å². The van der Waals surface area contributed by atoms with Crippen molar-refractivity contribution >= 4 is 22.6 Å². The Balaban J connectivity index is 1.90. The predicted molar refractivity (Wildman–Crippen MR) is 82.4 cm³/mol. The summed E-state index contributed by atoms with van der Waals surface area (Å²) in [5.41, 5.74) is 2.70. The van der Waals surface area contributed by atoms with Gasteiger partial charge in [-0.2, -0.15) is 0 Å². The monoisotopic (exact) mass is 302 g/mol. The van der Waals surface area contributed by atoms with Gasteiger partial charge < -0.3 is 14.4 Å². The highest BCUT2D eigenvalue weighted by Gasteiger charge is 2.11. The molecule has 1 aromatic heterocycles. The number of aliphatic hydroxyl groups is 1. The maximum absolute atomic E-state index is 9.26. The highest BCUT2D eigenvalue weighted by Crippen LogP contribution is 2.30. The van der Waals surface area contributed by atoms with Crippen molar-refractivity contribution in [2.24, 2.45) is 7.05 Å². The van der Waals surface area contributed by atoms with E-state index in [-0.39, 0.29) is 6.61 Å². The van der Waals surface area contributed by atoms with Crippen molar-refractivity contribution in [3.63, 3.8) is 0 Å². The summed E-state index contributed by atoms with van der Waals surface area (Å²) in [5, 5.41) is 9.80. The summed E-state index contributed by atoms with van der Waals surface area (Å²) in [7, 11) is 1.85. The second-order valence-electron chi connectivity index (χ2n) is 4.79. The Labute approximate surface area is 127 Å². The number of hydrogen-bond acceptors (Lipinski definition) is 3. The SMILES string of the molecule is Cn1c(CO)nc2cc(OCc3ccccc3)c(Cl)cc21. The minimum Gasteiger partial charge on any atom is -0.487 e. The number of aromatic nitrogens is 2. The smallest absolute Gasteiger partial charge is 0.140 e. The summed E-state index contributed by atoms with van der Waals surface area (Å²) in [4.78, 5) is 4.36. The number of halogens is 1. The fraction of sp³-hybridized carbons (Fsp3) is 0.188. The van der Waals surface area contributed by atoms with Gasteiger partial charge in [0.15, 0.2) is 0 Å². The van der Waals surface area contributed by atoms with Crippen LogP contribution in [0.15, 0.2) is 42.5 Å². The van der Waals surface area contributed by atoms with Gasteiger partial charge in [0.2, 0.25) is 0 Å². The van der Waals surface area contributed by atoms with Crippen LogP contribution in [0.25, 0.3) is 11.0 Å². The number of hydrogen-bond donors (Lipinski definition) is 1. The van der Waals surface area contributed by atoms with Gasteiger partial charge >= 0.3 is 0 Å². The molecule has 0 aliphatic rings. The fourth-order valence-electron chi connectivity index (χ4n) is 2.23. The zero-order chi connectivity index (χ0) is 14.8. The molecule has 0 saturated carbocycles. The molecule has 2 aromatic carbocycles. The summed E-state index contributed by atoms with van der Waals surface area (Å²) in [6, 6.07) is 13.5. The Morgan fingerprint density at radius 3 is 2.71 bits per heavy atom. The molecule has 0 fully saturated rings. The Bertz CT molecular complexity index is 769. The Hall–Kier alpha value is -2.04. The second-order valence-corrected chi connectivity index (χ2v) is 5.20. The van der Waals surface area contributed by atoms with E-state index in [0.717, 1.165) is 16.6 Å². The van der Waals surface area contributed by atoms with Crippen molar-refractivity contribution in [1.82, 2.24) is 9.55 Å². The molecule has 0 amide bonds. The third-order valence-electron chi connectivity index (χ3n) is 3.41. The van der Waals surface area contributed by atoms with Gasteiger partial charge in [-0.1, -0.05) is 41.9 Å². The third kappa shape index (κ3) is 2.73. The van der Waals surface area contributed by atoms with E-state index in [9.17, 15) is 5.11 Å². The quantitative estimate of drug-likeness (QED) is 0.804. The van der Waals surface area contributed by atoms with Gasteiger partial charge in [-0.3, -0.25) is 0 Å². The number of benzene rings is 2. The molecular formula is C16H15ClN2O2. The first-order chi connectivity index (χ1) is 10.2. The summed E-state index contributed by atoms with van der Waals surface area (Å²) in [6.07, 6.45) is 0. The minimum absolute atomic E-state index is 0.108. The maximum Gasteiger partial charge on any atom is 0.140 e. The molecular weight excluding hydrogens is 288 g/mol. The second kappa shape index (κ2) is 5.76. The van der Waals surface area contributed by atoms with Crippen LogP contribution < -0.4 is 4.74 Å². The summed E-state index contributed by atoms with van der Waals surface area (Å²) in [5.74, 6) is 1.19. The number of aliphatic hydroxyl groups excluding tert-OH is 1. The van der Waals surface area contributed by atoms with Crippen LogP contribution in [0.3, 0.4) is 0 Å². The van der Waals surface area contributed by atoms with Crippen LogP contribution in [-0.4, -0.2) is 14.7 Å². The molecule has 0 unspecified atom stereocenters. The lowest BCUT2D eigenvalue weighted by Gasteiger charge is -2.08. The average Bonchev–Trinajstić information content (AvgIpc) is 2.82. The molecule has 1 heterocycles. The van der Waals surface area contributed by atoms with Crippen LogP contribution in [0, 0.1) is 0 Å². The lowest BCUT2D eigenvalue weighted by Crippen LogP contribution is -1.97. The molecule has 1 N–H and O–H groups in total. The number of aryl methyl sites for hydroxylation is 1. The van der Waals surface area contributed by atoms with Crippen LogP contribution in [0.5, 0.6) is 5.75 Å². The van der Waals surface area contributed by atoms with Gasteiger partial charge in [0.05, 0.1) is 16.1 Å². The molecule has 3 aromatic rings. The van der Waals surface area contributed by atoms with Gasteiger partial charge in [0.1, 0.15) is 24.8 Å². The zero-order valence-electron chi connectivity index (χ0n) is 11.6. The highest BCUT2D eigenvalue weighted by atomic mass is 35.5. The number of nitrogens with zero attached hydrogens (tertiary/aromatic N) is 2. The maximum atomic E-state index is 9.26. The molecule has 0 bridgehead atoms. The van der Waals surface area contributed by atoms with Gasteiger partial charge in [-0.05, 0) is 11.6 Å². The first-order valence-electron chi connectivity index (χ1n) is 6.61. The molecule has 5 heteroatoms. The lowest BCUT2D eigenvalue weighted by molar-refractivity contribution is 0.268. The molecule has 0 radical (unpaired) electrons. The van der Waals surface area contributed by atoms with E-state index < -0.39 is 0 Å². The summed E-state index contributed by atoms with van der Waals surface area (Å²) >= 11 is 6.27. The minimum atomic E-state index is -0.108. The van der Waals surface area contributed by atoms with Crippen molar-refractivity contribution in [2.45, 2.75) is 13.2 Å². The molecule has 0 aliphatic heterocycles. The molecule has 108 valence electrons. The largest absolute Gasteiger partial charge is 0.487 e. The molecule has 0 spiro atoms. The lowest BCUT2D eigenvalue weighted by atomic mass is 10.2. The van der Waals surface area contributed by atoms with E-state index in [4.69, 9.17) is 16.3 Å². The van der Waals surface area contributed by atoms with Crippen LogP contribution in [0.2, 0.25) is 5.02 Å². The van der Waals surface area contributed by atoms with E-state index >= 15 is 0 Å². The first kappa shape index (κ1) is 13.9. The number of fused-ring (bicyclic) bond motifs is 1. The Kier molecular flexibility index (Phi) is 3.82. The van der Waals surface area contributed by atoms with Gasteiger partial charge in [0, 0.05) is 13.1 Å². The normalized spacial score (nSPS) is 11.0. The third-order valence-corrected chi connectivity index (χ3v) is 3.70. The van der Waals surface area contributed by atoms with Gasteiger partial charge in [-0.15, -0.1) is 0 Å². The van der Waals surface area contributed by atoms with Crippen LogP contribution in [-0.2, 0) is 20.3 Å². The van der Waals surface area contributed by atoms with Crippen molar-refractivity contribution < 1.29 is 9.84 Å². The van der Waals surface area contributed by atoms with Crippen molar-refractivity contribution in [1.29, 1.82) is 0 Å². The summed E-state index contributed by atoms with van der Waals surface area (Å²) < 4.78 is 7.59. The molecule has 4 nitrogen and oxygen atoms in total. The van der Waals surface area contributed by atoms with E-state index in [1.165, 1.54) is 0 Å². The van der Waals surface area contributed by atoms with Gasteiger partial charge in [-0.25, -0.2) is 4.98 Å². The van der Waals surface area contributed by atoms with E-state index in [1.54, 1.807) is 6.07 Å².